The van der Waals surface area contributed by atoms with E-state index in [1.165, 1.54) is 21.3 Å². The zero-order valence-corrected chi connectivity index (χ0v) is 25.4. The average molecular weight is 590 g/mol. The molecule has 3 aromatic carbocycles. The molecule has 0 radical (unpaired) electrons. The van der Waals surface area contributed by atoms with Gasteiger partial charge in [-0.15, -0.1) is 0 Å². The molecule has 2 fully saturated rings. The third-order valence-electron chi connectivity index (χ3n) is 8.33. The van der Waals surface area contributed by atoms with Gasteiger partial charge in [0.15, 0.2) is 11.5 Å². The number of carbonyl (C=O) groups is 2. The number of piperidine rings is 1. The summed E-state index contributed by atoms with van der Waals surface area (Å²) in [6.07, 6.45) is 0.694. The van der Waals surface area contributed by atoms with Crippen molar-refractivity contribution in [3.05, 3.63) is 66.2 Å². The first-order valence-corrected chi connectivity index (χ1v) is 14.4. The van der Waals surface area contributed by atoms with Crippen molar-refractivity contribution in [2.45, 2.75) is 18.9 Å². The number of carbonyl (C=O) groups excluding carboxylic acids is 2. The normalized spacial score (nSPS) is 18.7. The number of ether oxygens (including phenoxy) is 5. The predicted octanol–water partition coefficient (Wildman–Crippen LogP) is 4.56. The number of piperazine rings is 1. The molecule has 3 aromatic rings. The van der Waals surface area contributed by atoms with Crippen LogP contribution in [-0.4, -0.2) is 78.4 Å². The lowest BCUT2D eigenvalue weighted by molar-refractivity contribution is -0.138. The molecule has 0 aromatic heterocycles. The van der Waals surface area contributed by atoms with E-state index < -0.39 is 12.0 Å². The monoisotopic (exact) mass is 589 g/mol. The number of hydrogen-bond acceptors (Lipinski definition) is 8. The van der Waals surface area contributed by atoms with Gasteiger partial charge in [-0.25, -0.2) is 0 Å². The highest BCUT2D eigenvalue weighted by molar-refractivity contribution is 5.98. The molecule has 2 aliphatic rings. The Bertz CT molecular complexity index is 1390. The summed E-state index contributed by atoms with van der Waals surface area (Å²) in [5.74, 6) is 2.32. The predicted molar refractivity (Wildman–Crippen MR) is 164 cm³/mol. The second kappa shape index (κ2) is 13.1. The van der Waals surface area contributed by atoms with Crippen molar-refractivity contribution < 1.29 is 33.3 Å². The maximum atomic E-state index is 14.3. The molecular weight excluding hydrogens is 550 g/mol. The zero-order valence-electron chi connectivity index (χ0n) is 25.4. The minimum absolute atomic E-state index is 0.0418. The molecule has 0 bridgehead atoms. The van der Waals surface area contributed by atoms with Crippen LogP contribution in [-0.2, 0) is 9.59 Å². The van der Waals surface area contributed by atoms with E-state index in [9.17, 15) is 9.59 Å². The van der Waals surface area contributed by atoms with Crippen molar-refractivity contribution in [3.63, 3.8) is 0 Å². The summed E-state index contributed by atoms with van der Waals surface area (Å²) in [5, 5.41) is 0. The molecule has 10 heteroatoms. The number of amides is 2. The first-order valence-electron chi connectivity index (χ1n) is 14.4. The van der Waals surface area contributed by atoms with Gasteiger partial charge >= 0.3 is 0 Å². The van der Waals surface area contributed by atoms with E-state index >= 15 is 0 Å². The molecule has 0 unspecified atom stereocenters. The van der Waals surface area contributed by atoms with Gasteiger partial charge in [0.05, 0.1) is 53.2 Å². The number of anilines is 2. The molecule has 0 N–H and O–H groups in total. The van der Waals surface area contributed by atoms with Gasteiger partial charge in [0.25, 0.3) is 0 Å². The van der Waals surface area contributed by atoms with E-state index in [0.717, 1.165) is 17.0 Å². The first kappa shape index (κ1) is 29.9. The van der Waals surface area contributed by atoms with Crippen LogP contribution in [0.25, 0.3) is 0 Å². The van der Waals surface area contributed by atoms with E-state index in [0.29, 0.717) is 61.3 Å². The maximum absolute atomic E-state index is 14.3. The van der Waals surface area contributed by atoms with Gasteiger partial charge in [-0.2, -0.15) is 0 Å². The molecule has 2 aliphatic heterocycles. The van der Waals surface area contributed by atoms with E-state index in [2.05, 4.69) is 4.90 Å². The highest BCUT2D eigenvalue weighted by atomic mass is 16.5. The molecule has 5 rings (SSSR count). The number of methoxy groups -OCH3 is 5. The average Bonchev–Trinajstić information content (AvgIpc) is 3.07. The zero-order chi connectivity index (χ0) is 30.5. The lowest BCUT2D eigenvalue weighted by atomic mass is 9.82. The van der Waals surface area contributed by atoms with Gasteiger partial charge in [0.1, 0.15) is 11.5 Å². The number of hydrogen-bond donors (Lipinski definition) is 0. The number of benzene rings is 3. The molecular formula is C33H39N3O7. The molecule has 10 nitrogen and oxygen atoms in total. The molecule has 228 valence electrons. The van der Waals surface area contributed by atoms with Crippen molar-refractivity contribution in [1.29, 1.82) is 0 Å². The fourth-order valence-corrected chi connectivity index (χ4v) is 6.06. The first-order chi connectivity index (χ1) is 20.9. The molecule has 2 saturated heterocycles. The summed E-state index contributed by atoms with van der Waals surface area (Å²) in [6, 6.07) is 18.5. The Kier molecular flexibility index (Phi) is 9.13. The Hall–Kier alpha value is -4.60. The van der Waals surface area contributed by atoms with Crippen LogP contribution in [0.2, 0.25) is 0 Å². The summed E-state index contributed by atoms with van der Waals surface area (Å²) in [4.78, 5) is 33.9. The number of rotatable bonds is 9. The van der Waals surface area contributed by atoms with E-state index in [4.69, 9.17) is 23.7 Å². The quantitative estimate of drug-likeness (QED) is 0.359. The summed E-state index contributed by atoms with van der Waals surface area (Å²) in [5.41, 5.74) is 2.51. The Morgan fingerprint density at radius 1 is 0.698 bits per heavy atom. The lowest BCUT2D eigenvalue weighted by Gasteiger charge is -2.44. The van der Waals surface area contributed by atoms with Crippen molar-refractivity contribution >= 4 is 23.2 Å². The van der Waals surface area contributed by atoms with Crippen LogP contribution in [0, 0.1) is 5.92 Å². The van der Waals surface area contributed by atoms with Crippen LogP contribution in [0.1, 0.15) is 24.4 Å². The molecule has 43 heavy (non-hydrogen) atoms. The fourth-order valence-electron chi connectivity index (χ4n) is 6.06. The standard InChI is InChI=1S/C33H39N3O7/c1-39-25-10-6-22(7-11-25)31-27(33(38)35-18-16-34(17-19-35)23-8-12-26(40-2)13-9-23)14-15-30(37)36(31)24-20-28(41-3)32(43-5)29(21-24)42-4/h6-13,20-21,27,31H,14-19H2,1-5H3/t27-,31+/m1/s1. The third-order valence-corrected chi connectivity index (χ3v) is 8.33. The van der Waals surface area contributed by atoms with Crippen molar-refractivity contribution in [2.24, 2.45) is 5.92 Å². The maximum Gasteiger partial charge on any atom is 0.228 e. The summed E-state index contributed by atoms with van der Waals surface area (Å²) in [7, 11) is 7.88. The molecule has 0 saturated carbocycles. The van der Waals surface area contributed by atoms with Crippen LogP contribution in [0.3, 0.4) is 0 Å². The summed E-state index contributed by atoms with van der Waals surface area (Å²) in [6.45, 7) is 2.62. The Morgan fingerprint density at radius 3 is 1.77 bits per heavy atom. The molecule has 0 spiro atoms. The number of nitrogens with zero attached hydrogens (tertiary/aromatic N) is 3. The largest absolute Gasteiger partial charge is 0.497 e. The van der Waals surface area contributed by atoms with Gasteiger partial charge in [-0.05, 0) is 48.4 Å². The summed E-state index contributed by atoms with van der Waals surface area (Å²) < 4.78 is 27.4. The van der Waals surface area contributed by atoms with E-state index in [-0.39, 0.29) is 18.2 Å². The Morgan fingerprint density at radius 2 is 1.26 bits per heavy atom. The van der Waals surface area contributed by atoms with Crippen molar-refractivity contribution in [2.75, 3.05) is 71.5 Å². The van der Waals surface area contributed by atoms with Gasteiger partial charge < -0.3 is 38.4 Å². The van der Waals surface area contributed by atoms with Crippen LogP contribution >= 0.6 is 0 Å². The third kappa shape index (κ3) is 6.00. The minimum Gasteiger partial charge on any atom is -0.497 e. The SMILES string of the molecule is COc1ccc([C@H]2[C@H](C(=O)N3CCN(c4ccc(OC)cc4)CC3)CCC(=O)N2c2cc(OC)c(OC)c(OC)c2)cc1. The van der Waals surface area contributed by atoms with E-state index in [1.54, 1.807) is 31.3 Å². The lowest BCUT2D eigenvalue weighted by Crippen LogP contribution is -2.54. The van der Waals surface area contributed by atoms with E-state index in [1.807, 2.05) is 53.4 Å². The van der Waals surface area contributed by atoms with Crippen LogP contribution in [0.5, 0.6) is 28.7 Å². The second-order valence-corrected chi connectivity index (χ2v) is 10.5. The topological polar surface area (TPSA) is 90.0 Å². The Labute approximate surface area is 252 Å². The van der Waals surface area contributed by atoms with Crippen LogP contribution in [0.4, 0.5) is 11.4 Å². The summed E-state index contributed by atoms with van der Waals surface area (Å²) >= 11 is 0. The molecule has 0 aliphatic carbocycles. The van der Waals surface area contributed by atoms with Crippen LogP contribution < -0.4 is 33.5 Å². The highest BCUT2D eigenvalue weighted by Gasteiger charge is 2.44. The van der Waals surface area contributed by atoms with Crippen molar-refractivity contribution in [3.8, 4) is 28.7 Å². The fraction of sp³-hybridized carbons (Fsp3) is 0.394. The Balaban J connectivity index is 1.46. The van der Waals surface area contributed by atoms with Gasteiger partial charge in [0, 0.05) is 50.4 Å². The highest BCUT2D eigenvalue weighted by Crippen LogP contribution is 2.46. The smallest absolute Gasteiger partial charge is 0.228 e. The minimum atomic E-state index is -0.540. The van der Waals surface area contributed by atoms with Crippen molar-refractivity contribution in [1.82, 2.24) is 4.90 Å². The van der Waals surface area contributed by atoms with Gasteiger partial charge in [0.2, 0.25) is 17.6 Å². The van der Waals surface area contributed by atoms with Crippen LogP contribution in [0.15, 0.2) is 60.7 Å². The molecule has 2 amide bonds. The van der Waals surface area contributed by atoms with Gasteiger partial charge in [-0.3, -0.25) is 9.59 Å². The van der Waals surface area contributed by atoms with Gasteiger partial charge in [-0.1, -0.05) is 12.1 Å². The second-order valence-electron chi connectivity index (χ2n) is 10.5. The molecule has 2 heterocycles. The molecule has 2 atom stereocenters.